The lowest BCUT2D eigenvalue weighted by atomic mass is 10.1. The lowest BCUT2D eigenvalue weighted by Gasteiger charge is -2.37. The molecule has 0 aromatic heterocycles. The van der Waals surface area contributed by atoms with E-state index in [1.165, 1.54) is 36.3 Å². The number of carbonyl (C=O) groups excluding carboxylic acids is 1. The number of anilines is 1. The highest BCUT2D eigenvalue weighted by molar-refractivity contribution is 7.90. The first-order valence-corrected chi connectivity index (χ1v) is 12.8. The molecule has 0 aliphatic carbocycles. The molecule has 36 heavy (non-hydrogen) atoms. The first-order chi connectivity index (χ1) is 16.7. The molecule has 2 aromatic carbocycles. The number of alkyl halides is 3. The van der Waals surface area contributed by atoms with Gasteiger partial charge in [0.1, 0.15) is 11.4 Å². The quantitative estimate of drug-likeness (QED) is 0.539. The zero-order valence-corrected chi connectivity index (χ0v) is 21.3. The molecule has 0 saturated carbocycles. The zero-order valence-electron chi connectivity index (χ0n) is 20.5. The molecule has 8 nitrogen and oxygen atoms in total. The van der Waals surface area contributed by atoms with Gasteiger partial charge in [0.2, 0.25) is 0 Å². The largest absolute Gasteiger partial charge is 0.573 e. The number of benzene rings is 2. The fourth-order valence-corrected chi connectivity index (χ4v) is 5.03. The summed E-state index contributed by atoms with van der Waals surface area (Å²) in [5.41, 5.74) is -0.295. The van der Waals surface area contributed by atoms with Gasteiger partial charge in [0.15, 0.2) is 15.6 Å². The second-order valence-corrected chi connectivity index (χ2v) is 11.2. The van der Waals surface area contributed by atoms with Crippen LogP contribution < -0.4 is 14.4 Å². The van der Waals surface area contributed by atoms with Crippen molar-refractivity contribution in [3.63, 3.8) is 0 Å². The van der Waals surface area contributed by atoms with Gasteiger partial charge >= 0.3 is 12.5 Å². The third-order valence-electron chi connectivity index (χ3n) is 5.28. The molecule has 0 unspecified atom stereocenters. The van der Waals surface area contributed by atoms with E-state index < -0.39 is 39.4 Å². The summed E-state index contributed by atoms with van der Waals surface area (Å²) in [6, 6.07) is 9.74. The van der Waals surface area contributed by atoms with E-state index in [2.05, 4.69) is 4.74 Å². The van der Waals surface area contributed by atoms with Crippen molar-refractivity contribution in [3.8, 4) is 11.5 Å². The van der Waals surface area contributed by atoms with Crippen LogP contribution in [0.25, 0.3) is 0 Å². The summed E-state index contributed by atoms with van der Waals surface area (Å²) in [5.74, 6) is -0.513. The van der Waals surface area contributed by atoms with Crippen molar-refractivity contribution in [2.24, 2.45) is 0 Å². The second kappa shape index (κ2) is 10.5. The van der Waals surface area contributed by atoms with Gasteiger partial charge in [-0.15, -0.1) is 13.2 Å². The molecule has 0 atom stereocenters. The molecule has 0 spiro atoms. The average Bonchev–Trinajstić information content (AvgIpc) is 2.78. The van der Waals surface area contributed by atoms with Crippen LogP contribution in [0.5, 0.6) is 11.5 Å². The van der Waals surface area contributed by atoms with Gasteiger partial charge in [-0.05, 0) is 56.7 Å². The Hall–Kier alpha value is -3.15. The molecular weight excluding hydrogens is 501 g/mol. The van der Waals surface area contributed by atoms with Crippen molar-refractivity contribution in [1.29, 1.82) is 0 Å². The standard InChI is InChI=1S/C24H29F3N2O6S/c1-23(2,3)35-22(30)29-12-10-28(11-13-29)20-14-17(8-9-21(20)34-24(25,26)27)16-36(31,32)19-7-5-6-18(15-19)33-4/h5-9,14-15H,10-13,16H2,1-4H3. The Kier molecular flexibility index (Phi) is 7.97. The first kappa shape index (κ1) is 27.4. The van der Waals surface area contributed by atoms with Gasteiger partial charge < -0.3 is 24.0 Å². The van der Waals surface area contributed by atoms with Crippen LogP contribution in [0.3, 0.4) is 0 Å². The maximum absolute atomic E-state index is 13.1. The van der Waals surface area contributed by atoms with E-state index in [0.29, 0.717) is 5.75 Å². The summed E-state index contributed by atoms with van der Waals surface area (Å²) in [5, 5.41) is 0. The molecule has 1 heterocycles. The monoisotopic (exact) mass is 530 g/mol. The van der Waals surface area contributed by atoms with Crippen LogP contribution in [-0.4, -0.2) is 64.7 Å². The fourth-order valence-electron chi connectivity index (χ4n) is 3.66. The summed E-state index contributed by atoms with van der Waals surface area (Å²) in [6.07, 6.45) is -5.44. The van der Waals surface area contributed by atoms with Crippen molar-refractivity contribution >= 4 is 21.6 Å². The third-order valence-corrected chi connectivity index (χ3v) is 6.96. The number of halogens is 3. The molecule has 1 fully saturated rings. The lowest BCUT2D eigenvalue weighted by molar-refractivity contribution is -0.274. The normalized spacial score (nSPS) is 15.0. The molecule has 2 aromatic rings. The number of nitrogens with zero attached hydrogens (tertiary/aromatic N) is 2. The minimum atomic E-state index is -4.93. The number of hydrogen-bond donors (Lipinski definition) is 0. The van der Waals surface area contributed by atoms with E-state index in [9.17, 15) is 26.4 Å². The molecular formula is C24H29F3N2O6S. The number of sulfone groups is 1. The van der Waals surface area contributed by atoms with Crippen LogP contribution in [0.1, 0.15) is 26.3 Å². The van der Waals surface area contributed by atoms with Gasteiger partial charge in [0.25, 0.3) is 0 Å². The minimum Gasteiger partial charge on any atom is -0.497 e. The van der Waals surface area contributed by atoms with Crippen molar-refractivity contribution in [1.82, 2.24) is 4.90 Å². The minimum absolute atomic E-state index is 0.0324. The topological polar surface area (TPSA) is 85.4 Å². The van der Waals surface area contributed by atoms with Crippen molar-refractivity contribution in [2.45, 2.75) is 43.4 Å². The fraction of sp³-hybridized carbons (Fsp3) is 0.458. The smallest absolute Gasteiger partial charge is 0.497 e. The Morgan fingerprint density at radius 1 is 1.00 bits per heavy atom. The highest BCUT2D eigenvalue weighted by Crippen LogP contribution is 2.35. The summed E-state index contributed by atoms with van der Waals surface area (Å²) in [7, 11) is -2.39. The number of methoxy groups -OCH3 is 1. The molecule has 1 saturated heterocycles. The SMILES string of the molecule is COc1cccc(S(=O)(=O)Cc2ccc(OC(F)(F)F)c(N3CCN(C(=O)OC(C)(C)C)CC3)c2)c1. The van der Waals surface area contributed by atoms with Gasteiger partial charge in [-0.3, -0.25) is 0 Å². The Labute approximate surface area is 208 Å². The van der Waals surface area contributed by atoms with Crippen LogP contribution >= 0.6 is 0 Å². The van der Waals surface area contributed by atoms with Crippen LogP contribution in [0.4, 0.5) is 23.7 Å². The van der Waals surface area contributed by atoms with E-state index in [1.54, 1.807) is 37.8 Å². The first-order valence-electron chi connectivity index (χ1n) is 11.2. The molecule has 0 radical (unpaired) electrons. The van der Waals surface area contributed by atoms with E-state index in [1.807, 2.05) is 0 Å². The average molecular weight is 531 g/mol. The predicted octanol–water partition coefficient (Wildman–Crippen LogP) is 4.62. The summed E-state index contributed by atoms with van der Waals surface area (Å²) >= 11 is 0. The van der Waals surface area contributed by atoms with E-state index in [4.69, 9.17) is 9.47 Å². The summed E-state index contributed by atoms with van der Waals surface area (Å²) in [4.78, 5) is 15.5. The highest BCUT2D eigenvalue weighted by Gasteiger charge is 2.34. The lowest BCUT2D eigenvalue weighted by Crippen LogP contribution is -2.50. The van der Waals surface area contributed by atoms with Crippen molar-refractivity contribution < 1.29 is 40.6 Å². The predicted molar refractivity (Wildman–Crippen MR) is 127 cm³/mol. The Morgan fingerprint density at radius 2 is 1.67 bits per heavy atom. The number of rotatable bonds is 6. The number of hydrogen-bond acceptors (Lipinski definition) is 7. The molecule has 0 N–H and O–H groups in total. The molecule has 1 amide bonds. The zero-order chi connectivity index (χ0) is 26.7. The van der Waals surface area contributed by atoms with E-state index in [0.717, 1.165) is 6.07 Å². The summed E-state index contributed by atoms with van der Waals surface area (Å²) < 4.78 is 79.8. The van der Waals surface area contributed by atoms with E-state index >= 15 is 0 Å². The molecule has 1 aliphatic rings. The van der Waals surface area contributed by atoms with Gasteiger partial charge in [-0.1, -0.05) is 12.1 Å². The third kappa shape index (κ3) is 7.42. The van der Waals surface area contributed by atoms with E-state index in [-0.39, 0.29) is 42.3 Å². The number of piperazine rings is 1. The number of carbonyl (C=O) groups is 1. The Bertz CT molecular complexity index is 1190. The molecule has 3 rings (SSSR count). The molecule has 0 bridgehead atoms. The molecule has 12 heteroatoms. The van der Waals surface area contributed by atoms with Crippen LogP contribution in [0, 0.1) is 0 Å². The second-order valence-electron chi connectivity index (χ2n) is 9.24. The van der Waals surface area contributed by atoms with Gasteiger partial charge in [0, 0.05) is 26.2 Å². The maximum Gasteiger partial charge on any atom is 0.573 e. The van der Waals surface area contributed by atoms with Gasteiger partial charge in [-0.25, -0.2) is 13.2 Å². The van der Waals surface area contributed by atoms with Crippen molar-refractivity contribution in [2.75, 3.05) is 38.2 Å². The van der Waals surface area contributed by atoms with Gasteiger partial charge in [0.05, 0.1) is 23.4 Å². The highest BCUT2D eigenvalue weighted by atomic mass is 32.2. The Balaban J connectivity index is 1.84. The summed E-state index contributed by atoms with van der Waals surface area (Å²) in [6.45, 7) is 6.07. The van der Waals surface area contributed by atoms with Crippen LogP contribution in [0.15, 0.2) is 47.4 Å². The van der Waals surface area contributed by atoms with Crippen LogP contribution in [-0.2, 0) is 20.3 Å². The Morgan fingerprint density at radius 3 is 2.25 bits per heavy atom. The molecule has 198 valence electrons. The van der Waals surface area contributed by atoms with Crippen molar-refractivity contribution in [3.05, 3.63) is 48.0 Å². The maximum atomic E-state index is 13.1. The number of ether oxygens (including phenoxy) is 3. The number of amides is 1. The van der Waals surface area contributed by atoms with Crippen LogP contribution in [0.2, 0.25) is 0 Å². The van der Waals surface area contributed by atoms with Gasteiger partial charge in [-0.2, -0.15) is 0 Å². The molecule has 1 aliphatic heterocycles.